The van der Waals surface area contributed by atoms with Crippen LogP contribution in [-0.4, -0.2) is 18.0 Å². The van der Waals surface area contributed by atoms with Gasteiger partial charge in [-0.2, -0.15) is 0 Å². The summed E-state index contributed by atoms with van der Waals surface area (Å²) in [6, 6.07) is 4.77. The van der Waals surface area contributed by atoms with Crippen LogP contribution in [0.4, 0.5) is 10.1 Å². The Morgan fingerprint density at radius 1 is 1.55 bits per heavy atom. The summed E-state index contributed by atoms with van der Waals surface area (Å²) in [5.41, 5.74) is 9.34. The molecule has 1 aliphatic heterocycles. The van der Waals surface area contributed by atoms with Crippen LogP contribution in [0.3, 0.4) is 0 Å². The molecule has 20 heavy (non-hydrogen) atoms. The van der Waals surface area contributed by atoms with Crippen molar-refractivity contribution in [3.8, 4) is 0 Å². The van der Waals surface area contributed by atoms with Gasteiger partial charge in [-0.25, -0.2) is 14.9 Å². The van der Waals surface area contributed by atoms with Crippen molar-refractivity contribution in [1.29, 1.82) is 0 Å². The summed E-state index contributed by atoms with van der Waals surface area (Å²) in [5.74, 6) is 1.05. The van der Waals surface area contributed by atoms with Gasteiger partial charge in [0.1, 0.15) is 5.82 Å². The van der Waals surface area contributed by atoms with E-state index in [9.17, 15) is 4.39 Å². The molecule has 6 heteroatoms. The molecule has 2 atom stereocenters. The molecule has 108 valence electrons. The van der Waals surface area contributed by atoms with E-state index in [1.807, 2.05) is 0 Å². The van der Waals surface area contributed by atoms with Crippen LogP contribution in [0, 0.1) is 11.7 Å². The number of nitrogens with zero attached hydrogens (tertiary/aromatic N) is 1. The highest BCUT2D eigenvalue weighted by molar-refractivity contribution is 8.13. The Bertz CT molecular complexity index is 551. The molecule has 0 bridgehead atoms. The van der Waals surface area contributed by atoms with Crippen molar-refractivity contribution in [3.63, 3.8) is 0 Å². The molecule has 1 heterocycles. The summed E-state index contributed by atoms with van der Waals surface area (Å²) >= 11 is 1.63. The molecule has 1 aromatic rings. The summed E-state index contributed by atoms with van der Waals surface area (Å²) in [6.45, 7) is 0. The van der Waals surface area contributed by atoms with E-state index in [1.54, 1.807) is 31.0 Å². The van der Waals surface area contributed by atoms with Gasteiger partial charge in [-0.05, 0) is 37.0 Å². The molecule has 2 aliphatic rings. The van der Waals surface area contributed by atoms with Crippen molar-refractivity contribution < 1.29 is 9.23 Å². The average Bonchev–Trinajstić information content (AvgIpc) is 2.86. The van der Waals surface area contributed by atoms with Crippen LogP contribution in [0.25, 0.3) is 0 Å². The van der Waals surface area contributed by atoms with E-state index in [1.165, 1.54) is 6.07 Å². The van der Waals surface area contributed by atoms with Crippen molar-refractivity contribution in [2.45, 2.75) is 24.8 Å². The first-order valence-electron chi connectivity index (χ1n) is 6.73. The number of nitrogens with one attached hydrogen (secondary N) is 1. The molecular formula is C14H18FN3OS. The summed E-state index contributed by atoms with van der Waals surface area (Å²) in [4.78, 5) is 9.73. The number of hydrogen-bond acceptors (Lipinski definition) is 5. The molecule has 4 nitrogen and oxygen atoms in total. The maximum Gasteiger partial charge on any atom is 0.181 e. The van der Waals surface area contributed by atoms with E-state index < -0.39 is 5.54 Å². The second kappa shape index (κ2) is 5.26. The van der Waals surface area contributed by atoms with Gasteiger partial charge in [0, 0.05) is 17.0 Å². The minimum atomic E-state index is -0.494. The Kier molecular flexibility index (Phi) is 3.60. The summed E-state index contributed by atoms with van der Waals surface area (Å²) < 4.78 is 14.3. The summed E-state index contributed by atoms with van der Waals surface area (Å²) in [7, 11) is 1.55. The van der Waals surface area contributed by atoms with Gasteiger partial charge in [-0.3, -0.25) is 4.84 Å². The molecule has 3 rings (SSSR count). The molecule has 0 radical (unpaired) electrons. The first-order valence-corrected chi connectivity index (χ1v) is 7.71. The van der Waals surface area contributed by atoms with Gasteiger partial charge in [0.2, 0.25) is 0 Å². The lowest BCUT2D eigenvalue weighted by atomic mass is 9.81. The normalized spacial score (nSPS) is 28.9. The Morgan fingerprint density at radius 3 is 3.20 bits per heavy atom. The largest absolute Gasteiger partial charge is 0.399 e. The van der Waals surface area contributed by atoms with Gasteiger partial charge in [0.15, 0.2) is 5.17 Å². The van der Waals surface area contributed by atoms with Crippen molar-refractivity contribution in [2.75, 3.05) is 18.6 Å². The third-order valence-corrected chi connectivity index (χ3v) is 5.17. The van der Waals surface area contributed by atoms with Gasteiger partial charge < -0.3 is 5.73 Å². The lowest BCUT2D eigenvalue weighted by Gasteiger charge is -2.36. The average molecular weight is 295 g/mol. The zero-order valence-electron chi connectivity index (χ0n) is 11.4. The summed E-state index contributed by atoms with van der Waals surface area (Å²) in [5, 5.41) is 0.715. The molecule has 1 aliphatic carbocycles. The first kappa shape index (κ1) is 13.7. The molecule has 0 aromatic heterocycles. The molecule has 1 fully saturated rings. The van der Waals surface area contributed by atoms with Gasteiger partial charge in [0.25, 0.3) is 0 Å². The van der Waals surface area contributed by atoms with E-state index in [2.05, 4.69) is 5.48 Å². The molecule has 1 saturated carbocycles. The van der Waals surface area contributed by atoms with Crippen LogP contribution >= 0.6 is 11.8 Å². The van der Waals surface area contributed by atoms with Crippen molar-refractivity contribution in [3.05, 3.63) is 29.6 Å². The number of anilines is 1. The lowest BCUT2D eigenvalue weighted by molar-refractivity contribution is 0.145. The zero-order chi connectivity index (χ0) is 14.2. The molecule has 0 saturated heterocycles. The third kappa shape index (κ3) is 2.16. The molecule has 0 spiro atoms. The van der Waals surface area contributed by atoms with Crippen LogP contribution in [0.5, 0.6) is 0 Å². The maximum atomic E-state index is 14.3. The third-order valence-electron chi connectivity index (χ3n) is 4.15. The fourth-order valence-corrected chi connectivity index (χ4v) is 4.42. The maximum absolute atomic E-state index is 14.3. The highest BCUT2D eigenvalue weighted by atomic mass is 32.2. The van der Waals surface area contributed by atoms with Crippen LogP contribution in [0.1, 0.15) is 24.8 Å². The molecule has 0 unspecified atom stereocenters. The van der Waals surface area contributed by atoms with E-state index in [4.69, 9.17) is 15.6 Å². The predicted octanol–water partition coefficient (Wildman–Crippen LogP) is 2.66. The number of hydroxylamine groups is 1. The second-order valence-corrected chi connectivity index (χ2v) is 6.30. The highest BCUT2D eigenvalue weighted by Gasteiger charge is 2.48. The van der Waals surface area contributed by atoms with Crippen LogP contribution in [0.2, 0.25) is 0 Å². The fraction of sp³-hybridized carbons (Fsp3) is 0.500. The lowest BCUT2D eigenvalue weighted by Crippen LogP contribution is -2.38. The van der Waals surface area contributed by atoms with Crippen LogP contribution in [-0.2, 0) is 10.4 Å². The number of rotatable bonds is 2. The topological polar surface area (TPSA) is 59.6 Å². The minimum absolute atomic E-state index is 0.224. The highest BCUT2D eigenvalue weighted by Crippen LogP contribution is 2.51. The van der Waals surface area contributed by atoms with Gasteiger partial charge in [0.05, 0.1) is 12.6 Å². The predicted molar refractivity (Wildman–Crippen MR) is 79.9 cm³/mol. The Labute approximate surface area is 121 Å². The number of fused-ring (bicyclic) bond motifs is 1. The van der Waals surface area contributed by atoms with Gasteiger partial charge in [-0.15, -0.1) is 0 Å². The Hall–Kier alpha value is -1.27. The zero-order valence-corrected chi connectivity index (χ0v) is 12.2. The standard InChI is InChI=1S/C14H18FN3OS/c1-19-18-13-17-14(6-2-3-9(14)8-20-13)11-7-10(16)4-5-12(11)15/h4-5,7,9H,2-3,6,8,16H2,1H3,(H,17,18)/t9-,14-/m0/s1. The van der Waals surface area contributed by atoms with E-state index in [0.717, 1.165) is 25.0 Å². The number of halogens is 1. The van der Waals surface area contributed by atoms with Crippen LogP contribution in [0.15, 0.2) is 23.2 Å². The fourth-order valence-electron chi connectivity index (χ4n) is 3.25. The number of nitrogen functional groups attached to an aromatic ring is 1. The molecule has 3 N–H and O–H groups in total. The Morgan fingerprint density at radius 2 is 2.40 bits per heavy atom. The molecule has 1 aromatic carbocycles. The van der Waals surface area contributed by atoms with Crippen LogP contribution < -0.4 is 11.2 Å². The van der Waals surface area contributed by atoms with E-state index in [0.29, 0.717) is 22.3 Å². The minimum Gasteiger partial charge on any atom is -0.399 e. The van der Waals surface area contributed by atoms with Crippen molar-refractivity contribution in [2.24, 2.45) is 10.9 Å². The van der Waals surface area contributed by atoms with Crippen molar-refractivity contribution >= 4 is 22.6 Å². The van der Waals surface area contributed by atoms with Gasteiger partial charge >= 0.3 is 0 Å². The van der Waals surface area contributed by atoms with Gasteiger partial charge in [-0.1, -0.05) is 18.2 Å². The second-order valence-electron chi connectivity index (χ2n) is 5.29. The number of thioether (sulfide) groups is 1. The quantitative estimate of drug-likeness (QED) is 0.650. The monoisotopic (exact) mass is 295 g/mol. The first-order chi connectivity index (χ1) is 9.65. The SMILES string of the molecule is CONC1=N[C@@]2(c3cc(N)ccc3F)CCC[C@H]2CS1. The van der Waals surface area contributed by atoms with Crippen molar-refractivity contribution in [1.82, 2.24) is 5.48 Å². The van der Waals surface area contributed by atoms with E-state index >= 15 is 0 Å². The number of aliphatic imine (C=N–C) groups is 1. The number of hydrogen-bond donors (Lipinski definition) is 2. The Balaban J connectivity index is 2.10. The number of benzene rings is 1. The summed E-state index contributed by atoms with van der Waals surface area (Å²) in [6.07, 6.45) is 2.99. The molecule has 0 amide bonds. The smallest absolute Gasteiger partial charge is 0.181 e. The number of nitrogens with two attached hydrogens (primary N) is 1. The van der Waals surface area contributed by atoms with E-state index in [-0.39, 0.29) is 5.82 Å². The molecular weight excluding hydrogens is 277 g/mol. The number of amidine groups is 1.